The molecule has 0 amide bonds. The fourth-order valence-corrected chi connectivity index (χ4v) is 1.81. The highest BCUT2D eigenvalue weighted by atomic mass is 35.5. The van der Waals surface area contributed by atoms with Gasteiger partial charge in [0.05, 0.1) is 12.7 Å². The first-order valence-corrected chi connectivity index (χ1v) is 5.99. The minimum absolute atomic E-state index is 0.244. The number of rotatable bonds is 3. The highest BCUT2D eigenvalue weighted by Gasteiger charge is 2.06. The summed E-state index contributed by atoms with van der Waals surface area (Å²) >= 11 is 11.5. The van der Waals surface area contributed by atoms with Gasteiger partial charge in [0.25, 0.3) is 0 Å². The summed E-state index contributed by atoms with van der Waals surface area (Å²) in [4.78, 5) is 19.2. The molecule has 0 radical (unpaired) electrons. The number of hydrogen-bond donors (Lipinski definition) is 1. The summed E-state index contributed by atoms with van der Waals surface area (Å²) in [6, 6.07) is 8.09. The van der Waals surface area contributed by atoms with Crippen LogP contribution in [0.15, 0.2) is 30.3 Å². The summed E-state index contributed by atoms with van der Waals surface area (Å²) < 4.78 is 4.61. The molecule has 7 heteroatoms. The van der Waals surface area contributed by atoms with Gasteiger partial charge in [0.2, 0.25) is 5.95 Å². The Labute approximate surface area is 119 Å². The number of nitrogens with one attached hydrogen (secondary N) is 1. The number of esters is 1. The molecule has 0 aliphatic rings. The molecule has 2 rings (SSSR count). The van der Waals surface area contributed by atoms with E-state index in [1.807, 2.05) is 0 Å². The molecule has 19 heavy (non-hydrogen) atoms. The summed E-state index contributed by atoms with van der Waals surface area (Å²) in [5, 5.41) is 3.41. The number of benzene rings is 1. The number of halogens is 2. The Balaban J connectivity index is 2.17. The van der Waals surface area contributed by atoms with Crippen LogP contribution in [0.25, 0.3) is 0 Å². The molecule has 1 aromatic heterocycles. The maximum Gasteiger partial charge on any atom is 0.337 e. The van der Waals surface area contributed by atoms with E-state index in [-0.39, 0.29) is 16.3 Å². The summed E-state index contributed by atoms with van der Waals surface area (Å²) in [6.07, 6.45) is 0. The maximum atomic E-state index is 11.3. The van der Waals surface area contributed by atoms with Crippen LogP contribution in [0.3, 0.4) is 0 Å². The molecule has 0 bridgehead atoms. The van der Waals surface area contributed by atoms with E-state index in [0.717, 1.165) is 0 Å². The Morgan fingerprint density at radius 1 is 1.16 bits per heavy atom. The van der Waals surface area contributed by atoms with Crippen molar-refractivity contribution >= 4 is 40.8 Å². The van der Waals surface area contributed by atoms with Gasteiger partial charge >= 0.3 is 5.97 Å². The molecule has 2 aromatic rings. The van der Waals surface area contributed by atoms with Crippen LogP contribution < -0.4 is 5.32 Å². The molecule has 0 atom stereocenters. The largest absolute Gasteiger partial charge is 0.465 e. The second kappa shape index (κ2) is 5.86. The van der Waals surface area contributed by atoms with E-state index in [1.165, 1.54) is 13.2 Å². The van der Waals surface area contributed by atoms with Crippen LogP contribution in [0.5, 0.6) is 0 Å². The van der Waals surface area contributed by atoms with Crippen molar-refractivity contribution in [3.63, 3.8) is 0 Å². The van der Waals surface area contributed by atoms with E-state index in [4.69, 9.17) is 23.2 Å². The maximum absolute atomic E-state index is 11.3. The average Bonchev–Trinajstić information content (AvgIpc) is 2.37. The fraction of sp³-hybridized carbons (Fsp3) is 0.0833. The van der Waals surface area contributed by atoms with Crippen molar-refractivity contribution in [3.8, 4) is 0 Å². The SMILES string of the molecule is COC(=O)c1ccc(Nc2nc(Cl)cc(Cl)n2)cc1. The van der Waals surface area contributed by atoms with Crippen molar-refractivity contribution < 1.29 is 9.53 Å². The van der Waals surface area contributed by atoms with Crippen LogP contribution in [0, 0.1) is 0 Å². The Morgan fingerprint density at radius 2 is 1.74 bits per heavy atom. The molecule has 0 aliphatic carbocycles. The predicted octanol–water partition coefficient (Wildman–Crippen LogP) is 3.31. The predicted molar refractivity (Wildman–Crippen MR) is 73.1 cm³/mol. The Bertz CT molecular complexity index is 582. The number of nitrogens with zero attached hydrogens (tertiary/aromatic N) is 2. The third-order valence-corrected chi connectivity index (χ3v) is 2.61. The summed E-state index contributed by atoms with van der Waals surface area (Å²) in [7, 11) is 1.33. The van der Waals surface area contributed by atoms with Gasteiger partial charge in [0, 0.05) is 11.8 Å². The Kier molecular flexibility index (Phi) is 4.19. The highest BCUT2D eigenvalue weighted by molar-refractivity contribution is 6.33. The molecule has 0 unspecified atom stereocenters. The van der Waals surface area contributed by atoms with E-state index in [0.29, 0.717) is 11.3 Å². The third-order valence-electron chi connectivity index (χ3n) is 2.23. The molecule has 1 heterocycles. The molecule has 0 saturated heterocycles. The Morgan fingerprint density at radius 3 is 2.26 bits per heavy atom. The lowest BCUT2D eigenvalue weighted by Crippen LogP contribution is -2.01. The second-order valence-electron chi connectivity index (χ2n) is 3.53. The van der Waals surface area contributed by atoms with Gasteiger partial charge in [-0.2, -0.15) is 0 Å². The number of carbonyl (C=O) groups is 1. The lowest BCUT2D eigenvalue weighted by molar-refractivity contribution is 0.0601. The van der Waals surface area contributed by atoms with Gasteiger partial charge in [0.15, 0.2) is 0 Å². The monoisotopic (exact) mass is 297 g/mol. The minimum atomic E-state index is -0.395. The number of hydrogen-bond acceptors (Lipinski definition) is 5. The Hall–Kier alpha value is -1.85. The van der Waals surface area contributed by atoms with Gasteiger partial charge in [-0.15, -0.1) is 0 Å². The molecule has 0 saturated carbocycles. The van der Waals surface area contributed by atoms with Crippen LogP contribution >= 0.6 is 23.2 Å². The van der Waals surface area contributed by atoms with Gasteiger partial charge in [0.1, 0.15) is 10.3 Å². The second-order valence-corrected chi connectivity index (χ2v) is 4.31. The van der Waals surface area contributed by atoms with Crippen molar-refractivity contribution in [2.24, 2.45) is 0 Å². The first-order valence-electron chi connectivity index (χ1n) is 5.24. The van der Waals surface area contributed by atoms with Gasteiger partial charge in [-0.1, -0.05) is 23.2 Å². The third kappa shape index (κ3) is 3.56. The molecule has 98 valence electrons. The van der Waals surface area contributed by atoms with Crippen molar-refractivity contribution in [2.45, 2.75) is 0 Å². The van der Waals surface area contributed by atoms with Crippen molar-refractivity contribution in [1.82, 2.24) is 9.97 Å². The topological polar surface area (TPSA) is 64.1 Å². The molecule has 0 spiro atoms. The van der Waals surface area contributed by atoms with E-state index in [2.05, 4.69) is 20.0 Å². The molecular weight excluding hydrogens is 289 g/mol. The molecular formula is C12H9Cl2N3O2. The quantitative estimate of drug-likeness (QED) is 0.695. The normalized spacial score (nSPS) is 10.1. The van der Waals surface area contributed by atoms with Crippen LogP contribution in [-0.4, -0.2) is 23.0 Å². The fourth-order valence-electron chi connectivity index (χ4n) is 1.38. The van der Waals surface area contributed by atoms with Crippen LogP contribution in [0.1, 0.15) is 10.4 Å². The number of methoxy groups -OCH3 is 1. The van der Waals surface area contributed by atoms with Crippen LogP contribution in [-0.2, 0) is 4.74 Å². The summed E-state index contributed by atoms with van der Waals surface area (Å²) in [6.45, 7) is 0. The smallest absolute Gasteiger partial charge is 0.337 e. The zero-order valence-electron chi connectivity index (χ0n) is 9.85. The molecule has 1 aromatic carbocycles. The average molecular weight is 298 g/mol. The summed E-state index contributed by atoms with van der Waals surface area (Å²) in [5.74, 6) is -0.114. The van der Waals surface area contributed by atoms with Crippen LogP contribution in [0.4, 0.5) is 11.6 Å². The lowest BCUT2D eigenvalue weighted by atomic mass is 10.2. The van der Waals surface area contributed by atoms with Gasteiger partial charge in [-0.05, 0) is 24.3 Å². The van der Waals surface area contributed by atoms with Crippen molar-refractivity contribution in [1.29, 1.82) is 0 Å². The van der Waals surface area contributed by atoms with E-state index < -0.39 is 5.97 Å². The number of aromatic nitrogens is 2. The molecule has 0 fully saturated rings. The lowest BCUT2D eigenvalue weighted by Gasteiger charge is -2.06. The molecule has 5 nitrogen and oxygen atoms in total. The van der Waals surface area contributed by atoms with E-state index >= 15 is 0 Å². The van der Waals surface area contributed by atoms with Crippen molar-refractivity contribution in [3.05, 3.63) is 46.2 Å². The zero-order valence-corrected chi connectivity index (χ0v) is 11.4. The van der Waals surface area contributed by atoms with E-state index in [1.54, 1.807) is 24.3 Å². The van der Waals surface area contributed by atoms with E-state index in [9.17, 15) is 4.79 Å². The molecule has 0 aliphatic heterocycles. The standard InChI is InChI=1S/C12H9Cl2N3O2/c1-19-11(18)7-2-4-8(5-3-7)15-12-16-9(13)6-10(14)17-12/h2-6H,1H3,(H,15,16,17). The zero-order chi connectivity index (χ0) is 13.8. The number of anilines is 2. The minimum Gasteiger partial charge on any atom is -0.465 e. The van der Waals surface area contributed by atoms with Crippen LogP contribution in [0.2, 0.25) is 10.3 Å². The highest BCUT2D eigenvalue weighted by Crippen LogP contribution is 2.18. The number of ether oxygens (including phenoxy) is 1. The van der Waals surface area contributed by atoms with Crippen molar-refractivity contribution in [2.75, 3.05) is 12.4 Å². The first kappa shape index (κ1) is 13.6. The summed E-state index contributed by atoms with van der Waals surface area (Å²) in [5.41, 5.74) is 1.16. The van der Waals surface area contributed by atoms with Gasteiger partial charge in [-0.3, -0.25) is 0 Å². The first-order chi connectivity index (χ1) is 9.08. The van der Waals surface area contributed by atoms with Gasteiger partial charge in [-0.25, -0.2) is 14.8 Å². The molecule has 1 N–H and O–H groups in total. The van der Waals surface area contributed by atoms with Gasteiger partial charge < -0.3 is 10.1 Å². The number of carbonyl (C=O) groups excluding carboxylic acids is 1.